The number of ketones is 1. The van der Waals surface area contributed by atoms with Crippen molar-refractivity contribution in [3.63, 3.8) is 0 Å². The van der Waals surface area contributed by atoms with E-state index in [1.165, 1.54) is 11.0 Å². The molecule has 0 radical (unpaired) electrons. The lowest BCUT2D eigenvalue weighted by atomic mass is 9.94. The van der Waals surface area contributed by atoms with E-state index in [-0.39, 0.29) is 27.9 Å². The second kappa shape index (κ2) is 12.5. The molecule has 8 nitrogen and oxygen atoms in total. The molecule has 0 spiro atoms. The fourth-order valence-corrected chi connectivity index (χ4v) is 5.81. The minimum Gasteiger partial charge on any atom is -0.507 e. The first-order valence-corrected chi connectivity index (χ1v) is 14.4. The van der Waals surface area contributed by atoms with Crippen molar-refractivity contribution < 1.29 is 29.0 Å². The fourth-order valence-electron chi connectivity index (χ4n) is 4.82. The van der Waals surface area contributed by atoms with Gasteiger partial charge >= 0.3 is 11.9 Å². The molecule has 3 aromatic carbocycles. The number of aliphatic hydroxyl groups excluding tert-OH is 1. The van der Waals surface area contributed by atoms with E-state index in [4.69, 9.17) is 9.47 Å². The lowest BCUT2D eigenvalue weighted by molar-refractivity contribution is -0.132. The van der Waals surface area contributed by atoms with Gasteiger partial charge in [0.1, 0.15) is 29.6 Å². The van der Waals surface area contributed by atoms with Crippen molar-refractivity contribution in [3.05, 3.63) is 129 Å². The van der Waals surface area contributed by atoms with Crippen LogP contribution in [0.15, 0.2) is 91.0 Å². The van der Waals surface area contributed by atoms with Crippen molar-refractivity contribution in [1.82, 2.24) is 4.98 Å². The number of rotatable bonds is 9. The van der Waals surface area contributed by atoms with Crippen molar-refractivity contribution >= 4 is 39.9 Å². The standard InChI is InChI=1S/C34H30N2O6S/c1-5-17-41-33(40)31-22(4)35-34(43-31)36-28(24-13-11-20(2)12-14-24)27(30(38)32(36)39)29(37)25-15-16-26(21(3)18-25)42-19-23-9-7-6-8-10-23/h5-16,18,28,37H,1,17,19H2,2-4H3. The molecule has 1 aliphatic rings. The van der Waals surface area contributed by atoms with Crippen LogP contribution >= 0.6 is 11.3 Å². The highest BCUT2D eigenvalue weighted by Gasteiger charge is 2.48. The van der Waals surface area contributed by atoms with Gasteiger partial charge in [-0.15, -0.1) is 0 Å². The van der Waals surface area contributed by atoms with Gasteiger partial charge in [-0.3, -0.25) is 14.5 Å². The first-order valence-electron chi connectivity index (χ1n) is 13.6. The highest BCUT2D eigenvalue weighted by Crippen LogP contribution is 2.44. The molecule has 1 fully saturated rings. The van der Waals surface area contributed by atoms with Crippen LogP contribution in [0.4, 0.5) is 5.13 Å². The van der Waals surface area contributed by atoms with Gasteiger partial charge in [0.2, 0.25) is 0 Å². The predicted molar refractivity (Wildman–Crippen MR) is 165 cm³/mol. The molecule has 1 atom stereocenters. The summed E-state index contributed by atoms with van der Waals surface area (Å²) in [6.45, 7) is 9.35. The monoisotopic (exact) mass is 594 g/mol. The van der Waals surface area contributed by atoms with Crippen molar-refractivity contribution in [1.29, 1.82) is 0 Å². The summed E-state index contributed by atoms with van der Waals surface area (Å²) in [6.07, 6.45) is 1.45. The summed E-state index contributed by atoms with van der Waals surface area (Å²) in [5, 5.41) is 11.7. The van der Waals surface area contributed by atoms with Gasteiger partial charge in [-0.25, -0.2) is 9.78 Å². The number of Topliss-reactive ketones (excluding diaryl/α,β-unsaturated/α-hetero) is 1. The summed E-state index contributed by atoms with van der Waals surface area (Å²) < 4.78 is 11.1. The molecule has 1 aromatic heterocycles. The van der Waals surface area contributed by atoms with Crippen molar-refractivity contribution in [2.45, 2.75) is 33.4 Å². The van der Waals surface area contributed by atoms with E-state index >= 15 is 0 Å². The summed E-state index contributed by atoms with van der Waals surface area (Å²) in [6, 6.07) is 21.2. The number of anilines is 1. The Morgan fingerprint density at radius 3 is 2.44 bits per heavy atom. The average molecular weight is 595 g/mol. The molecule has 0 aliphatic carbocycles. The maximum atomic E-state index is 13.6. The third-order valence-electron chi connectivity index (χ3n) is 7.03. The van der Waals surface area contributed by atoms with E-state index in [0.717, 1.165) is 28.0 Å². The van der Waals surface area contributed by atoms with E-state index in [1.54, 1.807) is 37.3 Å². The lowest BCUT2D eigenvalue weighted by Crippen LogP contribution is -2.29. The summed E-state index contributed by atoms with van der Waals surface area (Å²) in [4.78, 5) is 45.6. The average Bonchev–Trinajstić information content (AvgIpc) is 3.51. The molecule has 1 amide bonds. The van der Waals surface area contributed by atoms with Gasteiger partial charge in [0, 0.05) is 5.56 Å². The molecule has 1 N–H and O–H groups in total. The van der Waals surface area contributed by atoms with Crippen molar-refractivity contribution in [2.24, 2.45) is 0 Å². The zero-order valence-corrected chi connectivity index (χ0v) is 24.8. The topological polar surface area (TPSA) is 106 Å². The Labute approximate surface area is 253 Å². The molecule has 5 rings (SSSR count). The molecule has 1 unspecified atom stereocenters. The number of amides is 1. The number of aromatic nitrogens is 1. The van der Waals surface area contributed by atoms with Gasteiger partial charge < -0.3 is 14.6 Å². The minimum absolute atomic E-state index is 0.0227. The van der Waals surface area contributed by atoms with Gasteiger partial charge in [0.05, 0.1) is 17.3 Å². The Kier molecular flexibility index (Phi) is 8.54. The van der Waals surface area contributed by atoms with E-state index in [0.29, 0.717) is 29.2 Å². The number of carbonyl (C=O) groups excluding carboxylic acids is 3. The molecule has 9 heteroatoms. The Bertz CT molecular complexity index is 1740. The van der Waals surface area contributed by atoms with Crippen LogP contribution in [0.1, 0.15) is 49.2 Å². The fraction of sp³-hybridized carbons (Fsp3) is 0.176. The zero-order valence-electron chi connectivity index (χ0n) is 24.0. The van der Waals surface area contributed by atoms with Crippen LogP contribution in [0.5, 0.6) is 5.75 Å². The maximum Gasteiger partial charge on any atom is 0.350 e. The Morgan fingerprint density at radius 2 is 1.77 bits per heavy atom. The molecule has 4 aromatic rings. The summed E-state index contributed by atoms with van der Waals surface area (Å²) >= 11 is 0.952. The van der Waals surface area contributed by atoms with Crippen LogP contribution in [0.25, 0.3) is 5.76 Å². The first-order chi connectivity index (χ1) is 20.7. The minimum atomic E-state index is -0.975. The largest absolute Gasteiger partial charge is 0.507 e. The normalized spacial score (nSPS) is 15.9. The van der Waals surface area contributed by atoms with Gasteiger partial charge in [-0.2, -0.15) is 0 Å². The zero-order chi connectivity index (χ0) is 30.7. The van der Waals surface area contributed by atoms with Crippen LogP contribution in [0, 0.1) is 20.8 Å². The van der Waals surface area contributed by atoms with Gasteiger partial charge in [-0.1, -0.05) is 84.2 Å². The maximum absolute atomic E-state index is 13.6. The van der Waals surface area contributed by atoms with Crippen LogP contribution in [-0.4, -0.2) is 34.4 Å². The number of hydrogen-bond donors (Lipinski definition) is 1. The molecule has 1 aliphatic heterocycles. The highest BCUT2D eigenvalue weighted by molar-refractivity contribution is 7.17. The summed E-state index contributed by atoms with van der Waals surface area (Å²) in [7, 11) is 0. The van der Waals surface area contributed by atoms with Crippen molar-refractivity contribution in [3.8, 4) is 5.75 Å². The number of benzene rings is 3. The molecule has 0 saturated carbocycles. The number of thiazole rings is 1. The Balaban J connectivity index is 1.55. The van der Waals surface area contributed by atoms with Crippen LogP contribution in [0.2, 0.25) is 0 Å². The number of hydrogen-bond acceptors (Lipinski definition) is 8. The SMILES string of the molecule is C=CCOC(=O)c1sc(N2C(=O)C(=O)C(=C(O)c3ccc(OCc4ccccc4)c(C)c3)C2c2ccc(C)cc2)nc1C. The molecular formula is C34H30N2O6S. The van der Waals surface area contributed by atoms with E-state index in [9.17, 15) is 19.5 Å². The third kappa shape index (κ3) is 5.98. The van der Waals surface area contributed by atoms with E-state index < -0.39 is 23.7 Å². The number of aryl methyl sites for hydroxylation is 3. The van der Waals surface area contributed by atoms with E-state index in [2.05, 4.69) is 11.6 Å². The first kappa shape index (κ1) is 29.5. The smallest absolute Gasteiger partial charge is 0.350 e. The molecular weight excluding hydrogens is 564 g/mol. The Morgan fingerprint density at radius 1 is 1.05 bits per heavy atom. The van der Waals surface area contributed by atoms with Gasteiger partial charge in [0.25, 0.3) is 5.78 Å². The lowest BCUT2D eigenvalue weighted by Gasteiger charge is -2.23. The second-order valence-corrected chi connectivity index (χ2v) is 11.1. The molecule has 1 saturated heterocycles. The predicted octanol–water partition coefficient (Wildman–Crippen LogP) is 6.62. The second-order valence-electron chi connectivity index (χ2n) is 10.1. The molecule has 2 heterocycles. The summed E-state index contributed by atoms with van der Waals surface area (Å²) in [5.41, 5.74) is 4.01. The number of carbonyl (C=O) groups is 3. The molecule has 43 heavy (non-hydrogen) atoms. The highest BCUT2D eigenvalue weighted by atomic mass is 32.1. The number of nitrogens with zero attached hydrogens (tertiary/aromatic N) is 2. The van der Waals surface area contributed by atoms with Gasteiger partial charge in [-0.05, 0) is 55.7 Å². The third-order valence-corrected chi connectivity index (χ3v) is 8.17. The quantitative estimate of drug-likeness (QED) is 0.0764. The van der Waals surface area contributed by atoms with Crippen LogP contribution in [-0.2, 0) is 20.9 Å². The summed E-state index contributed by atoms with van der Waals surface area (Å²) in [5.74, 6) is -2.00. The van der Waals surface area contributed by atoms with Gasteiger partial charge in [0.15, 0.2) is 5.13 Å². The molecule has 0 bridgehead atoms. The molecule has 218 valence electrons. The Hall–Kier alpha value is -5.02. The van der Waals surface area contributed by atoms with Crippen LogP contribution < -0.4 is 9.64 Å². The van der Waals surface area contributed by atoms with Crippen LogP contribution in [0.3, 0.4) is 0 Å². The van der Waals surface area contributed by atoms with Crippen molar-refractivity contribution in [2.75, 3.05) is 11.5 Å². The number of ether oxygens (including phenoxy) is 2. The number of aliphatic hydroxyl groups is 1. The van der Waals surface area contributed by atoms with E-state index in [1.807, 2.05) is 56.3 Å². The number of esters is 1.